The second-order valence-corrected chi connectivity index (χ2v) is 7.45. The van der Waals surface area contributed by atoms with E-state index in [4.69, 9.17) is 11.6 Å². The summed E-state index contributed by atoms with van der Waals surface area (Å²) in [4.78, 5) is 0.207. The molecule has 0 aromatic heterocycles. The van der Waals surface area contributed by atoms with Gasteiger partial charge >= 0.3 is 0 Å². The average molecular weight is 304 g/mol. The van der Waals surface area contributed by atoms with Crippen molar-refractivity contribution in [1.82, 2.24) is 4.31 Å². The van der Waals surface area contributed by atoms with Gasteiger partial charge in [0.1, 0.15) is 0 Å². The zero-order chi connectivity index (χ0) is 14.2. The molecule has 0 saturated carbocycles. The second-order valence-electron chi connectivity index (χ2n) is 5.10. The van der Waals surface area contributed by atoms with Crippen molar-refractivity contribution in [2.45, 2.75) is 31.8 Å². The zero-order valence-electron chi connectivity index (χ0n) is 11.1. The molecule has 0 spiro atoms. The molecule has 1 heterocycles. The maximum Gasteiger partial charge on any atom is 0.243 e. The monoisotopic (exact) mass is 303 g/mol. The van der Waals surface area contributed by atoms with E-state index in [9.17, 15) is 13.5 Å². The molecule has 1 fully saturated rings. The van der Waals surface area contributed by atoms with Crippen molar-refractivity contribution < 1.29 is 13.5 Å². The number of hydrogen-bond donors (Lipinski definition) is 1. The summed E-state index contributed by atoms with van der Waals surface area (Å²) in [7, 11) is -3.52. The minimum atomic E-state index is -3.52. The predicted octanol–water partition coefficient (Wildman–Crippen LogP) is 2.17. The number of aliphatic hydroxyl groups excluding tert-OH is 1. The van der Waals surface area contributed by atoms with Crippen LogP contribution in [0.5, 0.6) is 0 Å². The Morgan fingerprint density at radius 2 is 2.16 bits per heavy atom. The van der Waals surface area contributed by atoms with Crippen molar-refractivity contribution >= 4 is 21.6 Å². The van der Waals surface area contributed by atoms with Crippen molar-refractivity contribution in [2.75, 3.05) is 13.1 Å². The summed E-state index contributed by atoms with van der Waals surface area (Å²) in [6.45, 7) is 4.62. The number of aliphatic hydroxyl groups is 1. The highest BCUT2D eigenvalue weighted by molar-refractivity contribution is 7.89. The Morgan fingerprint density at radius 3 is 2.68 bits per heavy atom. The largest absolute Gasteiger partial charge is 0.392 e. The molecule has 106 valence electrons. The van der Waals surface area contributed by atoms with Crippen LogP contribution in [0.1, 0.15) is 24.5 Å². The molecule has 1 unspecified atom stereocenters. The molecule has 1 aliphatic rings. The molecule has 6 heteroatoms. The van der Waals surface area contributed by atoms with E-state index in [0.29, 0.717) is 35.2 Å². The predicted molar refractivity (Wildman–Crippen MR) is 74.7 cm³/mol. The topological polar surface area (TPSA) is 57.6 Å². The molecule has 1 aromatic carbocycles. The van der Waals surface area contributed by atoms with Crippen molar-refractivity contribution in [1.29, 1.82) is 0 Å². The Balaban J connectivity index is 2.49. The van der Waals surface area contributed by atoms with Crippen LogP contribution >= 0.6 is 11.6 Å². The molecule has 19 heavy (non-hydrogen) atoms. The summed E-state index contributed by atoms with van der Waals surface area (Å²) in [5, 5.41) is 9.61. The van der Waals surface area contributed by atoms with Crippen molar-refractivity contribution in [2.24, 2.45) is 5.92 Å². The smallest absolute Gasteiger partial charge is 0.243 e. The SMILES string of the molecule is Cc1c(CO)cc(Cl)cc1S(=O)(=O)N1CCC(C)C1. The second kappa shape index (κ2) is 5.40. The van der Waals surface area contributed by atoms with Gasteiger partial charge in [-0.25, -0.2) is 8.42 Å². The zero-order valence-corrected chi connectivity index (χ0v) is 12.6. The van der Waals surface area contributed by atoms with Gasteiger partial charge in [0.2, 0.25) is 10.0 Å². The summed E-state index contributed by atoms with van der Waals surface area (Å²) in [6.07, 6.45) is 0.881. The number of benzene rings is 1. The van der Waals surface area contributed by atoms with E-state index in [2.05, 4.69) is 0 Å². The minimum absolute atomic E-state index is 0.207. The van der Waals surface area contributed by atoms with E-state index in [1.54, 1.807) is 13.0 Å². The van der Waals surface area contributed by atoms with Gasteiger partial charge in [0.15, 0.2) is 0 Å². The lowest BCUT2D eigenvalue weighted by Gasteiger charge is -2.19. The van der Waals surface area contributed by atoms with Crippen LogP contribution in [-0.4, -0.2) is 30.9 Å². The normalized spacial score (nSPS) is 20.9. The van der Waals surface area contributed by atoms with Crippen LogP contribution in [0.3, 0.4) is 0 Å². The van der Waals surface area contributed by atoms with Crippen LogP contribution in [0.15, 0.2) is 17.0 Å². The van der Waals surface area contributed by atoms with Crippen LogP contribution in [0.4, 0.5) is 0 Å². The fraction of sp³-hybridized carbons (Fsp3) is 0.538. The van der Waals surface area contributed by atoms with Crippen LogP contribution in [-0.2, 0) is 16.6 Å². The molecule has 1 aromatic rings. The number of sulfonamides is 1. The van der Waals surface area contributed by atoms with E-state index in [1.165, 1.54) is 10.4 Å². The highest BCUT2D eigenvalue weighted by atomic mass is 35.5. The molecular formula is C13H18ClNO3S. The third-order valence-electron chi connectivity index (χ3n) is 3.61. The quantitative estimate of drug-likeness (QED) is 0.931. The number of nitrogens with zero attached hydrogens (tertiary/aromatic N) is 1. The fourth-order valence-corrected chi connectivity index (χ4v) is 4.57. The lowest BCUT2D eigenvalue weighted by atomic mass is 10.1. The Labute approximate surface area is 119 Å². The third kappa shape index (κ3) is 2.79. The minimum Gasteiger partial charge on any atom is -0.392 e. The lowest BCUT2D eigenvalue weighted by Crippen LogP contribution is -2.29. The highest BCUT2D eigenvalue weighted by Gasteiger charge is 2.32. The molecule has 1 atom stereocenters. The molecule has 4 nitrogen and oxygen atoms in total. The van der Waals surface area contributed by atoms with Crippen LogP contribution in [0, 0.1) is 12.8 Å². The van der Waals surface area contributed by atoms with Gasteiger partial charge in [0.05, 0.1) is 11.5 Å². The van der Waals surface area contributed by atoms with Gasteiger partial charge in [-0.3, -0.25) is 0 Å². The molecule has 0 bridgehead atoms. The summed E-state index contributed by atoms with van der Waals surface area (Å²) in [5.41, 5.74) is 1.13. The Bertz CT molecular complexity index is 586. The van der Waals surface area contributed by atoms with Crippen LogP contribution in [0.25, 0.3) is 0 Å². The summed E-state index contributed by atoms with van der Waals surface area (Å²) >= 11 is 5.95. The number of halogens is 1. The standard InChI is InChI=1S/C13H18ClNO3S/c1-9-3-4-15(7-9)19(17,18)13-6-12(14)5-11(8-16)10(13)2/h5-6,9,16H,3-4,7-8H2,1-2H3. The van der Waals surface area contributed by atoms with Gasteiger partial charge < -0.3 is 5.11 Å². The summed E-state index contributed by atoms with van der Waals surface area (Å²) in [6, 6.07) is 3.07. The average Bonchev–Trinajstić information content (AvgIpc) is 2.79. The third-order valence-corrected chi connectivity index (χ3v) is 5.82. The first-order valence-corrected chi connectivity index (χ1v) is 8.08. The fourth-order valence-electron chi connectivity index (χ4n) is 2.39. The molecule has 0 radical (unpaired) electrons. The number of hydrogen-bond acceptors (Lipinski definition) is 3. The summed E-state index contributed by atoms with van der Waals surface area (Å²) < 4.78 is 26.7. The van der Waals surface area contributed by atoms with Gasteiger partial charge in [-0.15, -0.1) is 0 Å². The van der Waals surface area contributed by atoms with Gasteiger partial charge in [-0.1, -0.05) is 18.5 Å². The van der Waals surface area contributed by atoms with Crippen molar-refractivity contribution in [3.8, 4) is 0 Å². The molecule has 0 amide bonds. The van der Waals surface area contributed by atoms with Gasteiger partial charge in [0.25, 0.3) is 0 Å². The van der Waals surface area contributed by atoms with Crippen molar-refractivity contribution in [3.63, 3.8) is 0 Å². The molecule has 1 aliphatic heterocycles. The Hall–Kier alpha value is -0.620. The van der Waals surface area contributed by atoms with Gasteiger partial charge in [0, 0.05) is 18.1 Å². The van der Waals surface area contributed by atoms with Crippen LogP contribution < -0.4 is 0 Å². The molecular weight excluding hydrogens is 286 g/mol. The van der Waals surface area contributed by atoms with Gasteiger partial charge in [-0.2, -0.15) is 4.31 Å². The van der Waals surface area contributed by atoms with Gasteiger partial charge in [-0.05, 0) is 42.5 Å². The van der Waals surface area contributed by atoms with E-state index >= 15 is 0 Å². The number of rotatable bonds is 3. The van der Waals surface area contributed by atoms with E-state index in [1.807, 2.05) is 6.92 Å². The highest BCUT2D eigenvalue weighted by Crippen LogP contribution is 2.30. The first kappa shape index (κ1) is 14.8. The van der Waals surface area contributed by atoms with E-state index in [0.717, 1.165) is 6.42 Å². The first-order chi connectivity index (χ1) is 8.86. The van der Waals surface area contributed by atoms with E-state index < -0.39 is 10.0 Å². The molecule has 0 aliphatic carbocycles. The Kier molecular flexibility index (Phi) is 4.20. The lowest BCUT2D eigenvalue weighted by molar-refractivity contribution is 0.280. The first-order valence-electron chi connectivity index (χ1n) is 6.26. The molecule has 2 rings (SSSR count). The van der Waals surface area contributed by atoms with E-state index in [-0.39, 0.29) is 11.5 Å². The molecule has 1 N–H and O–H groups in total. The maximum atomic E-state index is 12.6. The van der Waals surface area contributed by atoms with Crippen molar-refractivity contribution in [3.05, 3.63) is 28.3 Å². The Morgan fingerprint density at radius 1 is 1.47 bits per heavy atom. The summed E-state index contributed by atoms with van der Waals surface area (Å²) in [5.74, 6) is 0.381. The molecule has 1 saturated heterocycles. The maximum absolute atomic E-state index is 12.6. The van der Waals surface area contributed by atoms with Crippen LogP contribution in [0.2, 0.25) is 5.02 Å².